The molecule has 0 amide bonds. The molecule has 0 rings (SSSR count). The Labute approximate surface area is 110 Å². The van der Waals surface area contributed by atoms with Crippen LogP contribution < -0.4 is 29.6 Å². The fourth-order valence-corrected chi connectivity index (χ4v) is 0.604. The maximum Gasteiger partial charge on any atom is 1.00 e. The van der Waals surface area contributed by atoms with E-state index < -0.39 is 33.9 Å². The molecule has 86 valence electrons. The Balaban J connectivity index is -0.000000845. The number of rotatable bonds is 4. The predicted molar refractivity (Wildman–Crippen MR) is 43.4 cm³/mol. The van der Waals surface area contributed by atoms with Crippen molar-refractivity contribution in [3.63, 3.8) is 0 Å². The monoisotopic (exact) mass is 256 g/mol. The zero-order chi connectivity index (χ0) is 11.6. The number of ether oxygens (including phenoxy) is 1. The summed E-state index contributed by atoms with van der Waals surface area (Å²) in [7, 11) is -5.53. The van der Waals surface area contributed by atoms with Gasteiger partial charge in [-0.2, -0.15) is 17.2 Å². The molecule has 15 heavy (non-hydrogen) atoms. The van der Waals surface area contributed by atoms with Gasteiger partial charge < -0.3 is 6.16 Å². The van der Waals surface area contributed by atoms with E-state index in [0.29, 0.717) is 0 Å². The second kappa shape index (κ2) is 6.09. The molecule has 0 saturated heterocycles. The largest absolute Gasteiger partial charge is 1.00 e. The van der Waals surface area contributed by atoms with E-state index in [1.165, 1.54) is 13.8 Å². The summed E-state index contributed by atoms with van der Waals surface area (Å²) in [5.74, 6) is -1.61. The number of esters is 1. The Morgan fingerprint density at radius 2 is 1.93 bits per heavy atom. The first-order valence-corrected chi connectivity index (χ1v) is 5.03. The minimum atomic E-state index is -5.53. The van der Waals surface area contributed by atoms with E-state index in [4.69, 9.17) is 4.55 Å². The first-order valence-electron chi connectivity index (χ1n) is 3.59. The summed E-state index contributed by atoms with van der Waals surface area (Å²) >= 11 is 0. The van der Waals surface area contributed by atoms with Crippen molar-refractivity contribution >= 4 is 16.1 Å². The van der Waals surface area contributed by atoms with Gasteiger partial charge in [0.1, 0.15) is 0 Å². The smallest absolute Gasteiger partial charge is 1.00 e. The zero-order valence-electron chi connectivity index (χ0n) is 9.53. The molecule has 0 atom stereocenters. The van der Waals surface area contributed by atoms with Crippen molar-refractivity contribution in [3.05, 3.63) is 0 Å². The fourth-order valence-electron chi connectivity index (χ4n) is 0.396. The molecule has 0 fully saturated rings. The van der Waals surface area contributed by atoms with Crippen LogP contribution >= 0.6 is 0 Å². The van der Waals surface area contributed by atoms with Crippen LogP contribution in [0.5, 0.6) is 0 Å². The van der Waals surface area contributed by atoms with Crippen LogP contribution in [0.2, 0.25) is 0 Å². The number of alkyl halides is 2. The van der Waals surface area contributed by atoms with Crippen molar-refractivity contribution < 1.29 is 62.3 Å². The molecule has 0 aromatic rings. The molecule has 5 nitrogen and oxygen atoms in total. The number of hydrogen-bond donors (Lipinski definition) is 1. The molecule has 9 heteroatoms. The first-order chi connectivity index (χ1) is 6.08. The van der Waals surface area contributed by atoms with Crippen molar-refractivity contribution in [1.82, 2.24) is 0 Å². The van der Waals surface area contributed by atoms with Crippen LogP contribution in [-0.2, 0) is 19.6 Å². The van der Waals surface area contributed by atoms with Crippen LogP contribution in [-0.4, -0.2) is 30.8 Å². The Hall–Kier alpha value is 0.240. The van der Waals surface area contributed by atoms with E-state index >= 15 is 0 Å². The van der Waals surface area contributed by atoms with Crippen molar-refractivity contribution in [3.8, 4) is 0 Å². The second-order valence-corrected chi connectivity index (χ2v) is 4.42. The Morgan fingerprint density at radius 3 is 2.20 bits per heavy atom. The van der Waals surface area contributed by atoms with Crippen molar-refractivity contribution in [2.24, 2.45) is 5.92 Å². The summed E-state index contributed by atoms with van der Waals surface area (Å²) in [4.78, 5) is 10.7. The average Bonchev–Trinajstić information content (AvgIpc) is 1.97. The van der Waals surface area contributed by atoms with Gasteiger partial charge in [-0.25, -0.2) is 0 Å². The minimum absolute atomic E-state index is 0. The Kier molecular flexibility index (Phi) is 7.16. The molecule has 0 aromatic heterocycles. The molecule has 0 aliphatic heterocycles. The van der Waals surface area contributed by atoms with E-state index in [0.717, 1.165) is 0 Å². The molecular weight excluding hydrogens is 245 g/mol. The minimum Gasteiger partial charge on any atom is -1.00 e. The third-order valence-electron chi connectivity index (χ3n) is 1.23. The van der Waals surface area contributed by atoms with Crippen LogP contribution in [0.15, 0.2) is 0 Å². The summed E-state index contributed by atoms with van der Waals surface area (Å²) in [6.07, 6.45) is 0. The Bertz CT molecular complexity index is 319. The quantitative estimate of drug-likeness (QED) is 0.350. The normalized spacial score (nSPS) is 12.1. The predicted octanol–water partition coefficient (Wildman–Crippen LogP) is -2.22. The summed E-state index contributed by atoms with van der Waals surface area (Å²) in [5.41, 5.74) is 0. The molecule has 0 aliphatic rings. The van der Waals surface area contributed by atoms with Gasteiger partial charge in [-0.15, -0.1) is 0 Å². The van der Waals surface area contributed by atoms with Gasteiger partial charge in [0.05, 0.1) is 5.92 Å². The summed E-state index contributed by atoms with van der Waals surface area (Å²) < 4.78 is 57.0. The molecule has 0 saturated carbocycles. The SMILES string of the molecule is CC(C)C(=O)OCC(F)(F)S(=O)(=O)O.[H-].[Na+]. The number of carbonyl (C=O) groups excluding carboxylic acids is 1. The van der Waals surface area contributed by atoms with Crippen LogP contribution in [0, 0.1) is 5.92 Å². The van der Waals surface area contributed by atoms with Gasteiger partial charge in [0.15, 0.2) is 6.61 Å². The average molecular weight is 256 g/mol. The van der Waals surface area contributed by atoms with Crippen LogP contribution in [0.4, 0.5) is 8.78 Å². The Morgan fingerprint density at radius 1 is 1.53 bits per heavy atom. The number of halogens is 2. The standard InChI is InChI=1S/C6H10F2O5S.Na.H/c1-4(2)5(9)13-3-6(7,8)14(10,11)12;;/h4H,3H2,1-2H3,(H,10,11,12);;/q;+1;-1. The van der Waals surface area contributed by atoms with Crippen molar-refractivity contribution in [2.45, 2.75) is 19.1 Å². The van der Waals surface area contributed by atoms with E-state index in [1.807, 2.05) is 0 Å². The molecule has 0 spiro atoms. The van der Waals surface area contributed by atoms with Crippen LogP contribution in [0.25, 0.3) is 0 Å². The van der Waals surface area contributed by atoms with Crippen LogP contribution in [0.3, 0.4) is 0 Å². The summed E-state index contributed by atoms with van der Waals surface area (Å²) in [6.45, 7) is 1.12. The summed E-state index contributed by atoms with van der Waals surface area (Å²) in [5, 5.41) is -4.46. The van der Waals surface area contributed by atoms with Gasteiger partial charge in [-0.05, 0) is 0 Å². The fraction of sp³-hybridized carbons (Fsp3) is 0.833. The third kappa shape index (κ3) is 5.76. The molecule has 0 bridgehead atoms. The molecule has 0 aromatic carbocycles. The van der Waals surface area contributed by atoms with Crippen LogP contribution in [0.1, 0.15) is 15.3 Å². The van der Waals surface area contributed by atoms with E-state index in [2.05, 4.69) is 4.74 Å². The maximum absolute atomic E-state index is 12.4. The van der Waals surface area contributed by atoms with Gasteiger partial charge in [0.25, 0.3) is 0 Å². The third-order valence-corrected chi connectivity index (χ3v) is 2.10. The van der Waals surface area contributed by atoms with Crippen molar-refractivity contribution in [1.29, 1.82) is 0 Å². The van der Waals surface area contributed by atoms with E-state index in [-0.39, 0.29) is 31.0 Å². The second-order valence-electron chi connectivity index (χ2n) is 2.87. The molecule has 0 aliphatic carbocycles. The molecule has 0 heterocycles. The van der Waals surface area contributed by atoms with Gasteiger partial charge >= 0.3 is 50.9 Å². The van der Waals surface area contributed by atoms with Gasteiger partial charge in [-0.1, -0.05) is 13.8 Å². The maximum atomic E-state index is 12.4. The molecule has 1 N–H and O–H groups in total. The number of carbonyl (C=O) groups is 1. The first kappa shape index (κ1) is 17.6. The number of hydrogen-bond acceptors (Lipinski definition) is 4. The van der Waals surface area contributed by atoms with E-state index in [1.54, 1.807) is 0 Å². The zero-order valence-corrected chi connectivity index (χ0v) is 11.3. The van der Waals surface area contributed by atoms with Gasteiger partial charge in [0, 0.05) is 0 Å². The molecular formula is C6H11F2NaO5S. The molecule has 0 radical (unpaired) electrons. The molecule has 0 unspecified atom stereocenters. The summed E-state index contributed by atoms with van der Waals surface area (Å²) in [6, 6.07) is 0. The topological polar surface area (TPSA) is 80.7 Å². The van der Waals surface area contributed by atoms with Crippen molar-refractivity contribution in [2.75, 3.05) is 6.61 Å². The van der Waals surface area contributed by atoms with Gasteiger partial charge in [-0.3, -0.25) is 9.35 Å². The van der Waals surface area contributed by atoms with E-state index in [9.17, 15) is 22.0 Å². The van der Waals surface area contributed by atoms with Gasteiger partial charge in [0.2, 0.25) is 0 Å².